The van der Waals surface area contributed by atoms with E-state index >= 15 is 0 Å². The first-order chi connectivity index (χ1) is 18.9. The first kappa shape index (κ1) is 38.0. The molecule has 0 saturated carbocycles. The minimum absolute atomic E-state index is 0.358. The molecule has 0 fully saturated rings. The summed E-state index contributed by atoms with van der Waals surface area (Å²) in [7, 11) is 1.69. The largest absolute Gasteiger partial charge is 0.444 e. The van der Waals surface area contributed by atoms with Crippen LogP contribution in [0.25, 0.3) is 0 Å². The SMILES string of the molecule is CCCCCCOCCOCCOCCOCCOCCOCCOCCOCCN(C)C(=O)OC(C)(C)C. The van der Waals surface area contributed by atoms with Gasteiger partial charge in [-0.05, 0) is 27.2 Å². The lowest BCUT2D eigenvalue weighted by Crippen LogP contribution is -2.36. The van der Waals surface area contributed by atoms with Crippen molar-refractivity contribution in [3.63, 3.8) is 0 Å². The molecule has 0 heterocycles. The monoisotopic (exact) mass is 567 g/mol. The molecular weight excluding hydrogens is 510 g/mol. The van der Waals surface area contributed by atoms with Crippen molar-refractivity contribution < 1.29 is 47.4 Å². The van der Waals surface area contributed by atoms with Crippen LogP contribution in [0.15, 0.2) is 0 Å². The third-order valence-electron chi connectivity index (χ3n) is 5.02. The second-order valence-corrected chi connectivity index (χ2v) is 9.86. The van der Waals surface area contributed by atoms with E-state index in [0.717, 1.165) is 13.0 Å². The Morgan fingerprint density at radius 3 is 1.18 bits per heavy atom. The van der Waals surface area contributed by atoms with Crippen LogP contribution < -0.4 is 0 Å². The minimum atomic E-state index is -0.502. The Hall–Kier alpha value is -1.05. The molecule has 0 aromatic rings. The van der Waals surface area contributed by atoms with Crippen molar-refractivity contribution in [2.75, 3.05) is 119 Å². The first-order valence-electron chi connectivity index (χ1n) is 14.4. The number of carbonyl (C=O) groups is 1. The van der Waals surface area contributed by atoms with Gasteiger partial charge in [0.15, 0.2) is 0 Å². The summed E-state index contributed by atoms with van der Waals surface area (Å²) in [4.78, 5) is 13.3. The van der Waals surface area contributed by atoms with Gasteiger partial charge in [-0.1, -0.05) is 26.2 Å². The molecule has 0 rings (SSSR count). The van der Waals surface area contributed by atoms with Crippen molar-refractivity contribution in [3.05, 3.63) is 0 Å². The van der Waals surface area contributed by atoms with E-state index < -0.39 is 5.60 Å². The number of carbonyl (C=O) groups excluding carboxylic acids is 1. The van der Waals surface area contributed by atoms with E-state index in [4.69, 9.17) is 42.6 Å². The molecule has 0 unspecified atom stereocenters. The molecule has 0 aromatic heterocycles. The quantitative estimate of drug-likeness (QED) is 0.125. The molecule has 0 bridgehead atoms. The Kier molecular flexibility index (Phi) is 27.7. The third kappa shape index (κ3) is 31.3. The highest BCUT2D eigenvalue weighted by molar-refractivity contribution is 5.67. The van der Waals surface area contributed by atoms with Crippen molar-refractivity contribution in [2.24, 2.45) is 0 Å². The number of hydrogen-bond acceptors (Lipinski definition) is 10. The molecule has 0 aliphatic carbocycles. The first-order valence-corrected chi connectivity index (χ1v) is 14.4. The molecule has 0 N–H and O–H groups in total. The maximum atomic E-state index is 11.8. The minimum Gasteiger partial charge on any atom is -0.444 e. The van der Waals surface area contributed by atoms with E-state index in [2.05, 4.69) is 6.92 Å². The molecule has 234 valence electrons. The van der Waals surface area contributed by atoms with Gasteiger partial charge in [0.1, 0.15) is 5.60 Å². The van der Waals surface area contributed by atoms with E-state index in [1.807, 2.05) is 20.8 Å². The fourth-order valence-electron chi connectivity index (χ4n) is 2.90. The van der Waals surface area contributed by atoms with E-state index in [1.54, 1.807) is 7.05 Å². The molecule has 0 spiro atoms. The fraction of sp³-hybridized carbons (Fsp3) is 0.964. The number of rotatable bonds is 29. The Labute approximate surface area is 237 Å². The van der Waals surface area contributed by atoms with Gasteiger partial charge in [-0.15, -0.1) is 0 Å². The Balaban J connectivity index is 3.16. The van der Waals surface area contributed by atoms with Crippen LogP contribution in [-0.4, -0.2) is 136 Å². The molecule has 1 amide bonds. The highest BCUT2D eigenvalue weighted by Crippen LogP contribution is 2.08. The van der Waals surface area contributed by atoms with Gasteiger partial charge in [-0.3, -0.25) is 0 Å². The molecule has 0 aliphatic heterocycles. The van der Waals surface area contributed by atoms with Crippen LogP contribution in [0.1, 0.15) is 53.4 Å². The van der Waals surface area contributed by atoms with Crippen LogP contribution in [0.3, 0.4) is 0 Å². The highest BCUT2D eigenvalue weighted by Gasteiger charge is 2.19. The average Bonchev–Trinajstić information content (AvgIpc) is 2.89. The summed E-state index contributed by atoms with van der Waals surface area (Å²) in [5.41, 5.74) is -0.502. The Morgan fingerprint density at radius 2 is 0.846 bits per heavy atom. The van der Waals surface area contributed by atoms with Gasteiger partial charge in [0, 0.05) is 20.2 Å². The van der Waals surface area contributed by atoms with Crippen LogP contribution in [0.2, 0.25) is 0 Å². The van der Waals surface area contributed by atoms with Crippen LogP contribution in [-0.2, 0) is 42.6 Å². The number of hydrogen-bond donors (Lipinski definition) is 0. The summed E-state index contributed by atoms with van der Waals surface area (Å²) in [6, 6.07) is 0. The molecule has 11 heteroatoms. The van der Waals surface area contributed by atoms with Gasteiger partial charge in [0.2, 0.25) is 0 Å². The topological polar surface area (TPSA) is 103 Å². The van der Waals surface area contributed by atoms with Crippen LogP contribution >= 0.6 is 0 Å². The molecule has 11 nitrogen and oxygen atoms in total. The summed E-state index contributed by atoms with van der Waals surface area (Å²) in [6.07, 6.45) is 4.53. The van der Waals surface area contributed by atoms with Crippen LogP contribution in [0, 0.1) is 0 Å². The van der Waals surface area contributed by atoms with Crippen LogP contribution in [0.5, 0.6) is 0 Å². The smallest absolute Gasteiger partial charge is 0.410 e. The average molecular weight is 568 g/mol. The maximum absolute atomic E-state index is 11.8. The van der Waals surface area contributed by atoms with Crippen molar-refractivity contribution in [1.82, 2.24) is 4.90 Å². The van der Waals surface area contributed by atoms with Gasteiger partial charge in [0.25, 0.3) is 0 Å². The van der Waals surface area contributed by atoms with E-state index in [9.17, 15) is 4.79 Å². The zero-order valence-corrected chi connectivity index (χ0v) is 25.4. The Bertz CT molecular complexity index is 519. The Morgan fingerprint density at radius 1 is 0.513 bits per heavy atom. The molecule has 0 atom stereocenters. The molecule has 0 saturated heterocycles. The molecule has 0 radical (unpaired) electrons. The zero-order valence-electron chi connectivity index (χ0n) is 25.4. The van der Waals surface area contributed by atoms with Gasteiger partial charge >= 0.3 is 6.09 Å². The zero-order chi connectivity index (χ0) is 28.9. The van der Waals surface area contributed by atoms with Gasteiger partial charge < -0.3 is 47.5 Å². The van der Waals surface area contributed by atoms with Gasteiger partial charge in [-0.25, -0.2) is 4.79 Å². The molecule has 0 aromatic carbocycles. The van der Waals surface area contributed by atoms with Crippen molar-refractivity contribution in [2.45, 2.75) is 59.0 Å². The number of unbranched alkanes of at least 4 members (excludes halogenated alkanes) is 3. The lowest BCUT2D eigenvalue weighted by atomic mass is 10.2. The summed E-state index contributed by atoms with van der Waals surface area (Å²) in [5, 5.41) is 0. The molecule has 39 heavy (non-hydrogen) atoms. The molecular formula is C28H57NO10. The third-order valence-corrected chi connectivity index (χ3v) is 5.02. The summed E-state index contributed by atoms with van der Waals surface area (Å²) in [6.45, 7) is 16.8. The highest BCUT2D eigenvalue weighted by atomic mass is 16.6. The number of ether oxygens (including phenoxy) is 9. The van der Waals surface area contributed by atoms with Gasteiger partial charge in [-0.2, -0.15) is 0 Å². The predicted molar refractivity (Wildman–Crippen MR) is 150 cm³/mol. The lowest BCUT2D eigenvalue weighted by Gasteiger charge is -2.24. The number of amides is 1. The van der Waals surface area contributed by atoms with E-state index in [0.29, 0.717) is 106 Å². The second kappa shape index (κ2) is 28.5. The fourth-order valence-corrected chi connectivity index (χ4v) is 2.90. The van der Waals surface area contributed by atoms with Crippen molar-refractivity contribution >= 4 is 6.09 Å². The summed E-state index contributed by atoms with van der Waals surface area (Å²) in [5.74, 6) is 0. The predicted octanol–water partition coefficient (Wildman–Crippen LogP) is 3.57. The second-order valence-electron chi connectivity index (χ2n) is 9.86. The molecule has 0 aliphatic rings. The number of nitrogens with zero attached hydrogens (tertiary/aromatic N) is 1. The van der Waals surface area contributed by atoms with Gasteiger partial charge in [0.05, 0.1) is 99.1 Å². The van der Waals surface area contributed by atoms with Crippen molar-refractivity contribution in [1.29, 1.82) is 0 Å². The van der Waals surface area contributed by atoms with E-state index in [-0.39, 0.29) is 6.09 Å². The normalized spacial score (nSPS) is 11.7. The lowest BCUT2D eigenvalue weighted by molar-refractivity contribution is -0.0236. The standard InChI is InChI=1S/C28H57NO10/c1-6-7-8-9-11-31-13-15-33-17-19-35-21-23-37-25-26-38-24-22-36-20-18-34-16-14-32-12-10-29(5)27(30)39-28(2,3)4/h6-26H2,1-5H3. The van der Waals surface area contributed by atoms with E-state index in [1.165, 1.54) is 24.2 Å². The van der Waals surface area contributed by atoms with Crippen LogP contribution in [0.4, 0.5) is 4.79 Å². The number of likely N-dealkylation sites (N-methyl/N-ethyl adjacent to an activating group) is 1. The summed E-state index contributed by atoms with van der Waals surface area (Å²) >= 11 is 0. The summed E-state index contributed by atoms with van der Waals surface area (Å²) < 4.78 is 49.1. The van der Waals surface area contributed by atoms with Crippen molar-refractivity contribution in [3.8, 4) is 0 Å². The maximum Gasteiger partial charge on any atom is 0.410 e.